The molecular formula is C18H21FN4O2S. The standard InChI is InChI=1S/C18H21FN4O2S/c1-12-13(2)20-18(21-17(12)25)26-11-16(24)23-9-7-22(8-10-23)15-5-3-14(19)4-6-15/h3-6H,7-11H2,1-2H3,(H,20,21,25). The van der Waals surface area contributed by atoms with E-state index in [9.17, 15) is 14.0 Å². The predicted molar refractivity (Wildman–Crippen MR) is 100 cm³/mol. The van der Waals surface area contributed by atoms with Gasteiger partial charge in [0.2, 0.25) is 5.91 Å². The molecule has 1 aliphatic heterocycles. The van der Waals surface area contributed by atoms with Crippen LogP contribution >= 0.6 is 11.8 Å². The first kappa shape index (κ1) is 18.4. The number of hydrogen-bond donors (Lipinski definition) is 1. The first-order valence-corrected chi connectivity index (χ1v) is 9.41. The molecule has 0 bridgehead atoms. The van der Waals surface area contributed by atoms with E-state index in [1.165, 1.54) is 23.9 Å². The second kappa shape index (κ2) is 7.90. The predicted octanol–water partition coefficient (Wildman–Crippen LogP) is 1.97. The maximum atomic E-state index is 13.0. The molecule has 1 saturated heterocycles. The van der Waals surface area contributed by atoms with Gasteiger partial charge in [0.1, 0.15) is 5.82 Å². The van der Waals surface area contributed by atoms with E-state index in [0.29, 0.717) is 42.6 Å². The summed E-state index contributed by atoms with van der Waals surface area (Å²) in [6.45, 7) is 6.16. The second-order valence-corrected chi connectivity index (χ2v) is 7.18. The Labute approximate surface area is 155 Å². The minimum atomic E-state index is -0.252. The van der Waals surface area contributed by atoms with Crippen molar-refractivity contribution in [2.24, 2.45) is 0 Å². The fourth-order valence-electron chi connectivity index (χ4n) is 2.77. The molecule has 2 aromatic rings. The average molecular weight is 376 g/mol. The van der Waals surface area contributed by atoms with E-state index in [1.807, 2.05) is 4.90 Å². The highest BCUT2D eigenvalue weighted by Gasteiger charge is 2.21. The largest absolute Gasteiger partial charge is 0.368 e. The molecule has 1 aliphatic rings. The van der Waals surface area contributed by atoms with Gasteiger partial charge >= 0.3 is 0 Å². The lowest BCUT2D eigenvalue weighted by Crippen LogP contribution is -2.49. The number of hydrogen-bond acceptors (Lipinski definition) is 5. The van der Waals surface area contributed by atoms with Crippen LogP contribution in [0.5, 0.6) is 0 Å². The number of nitrogens with one attached hydrogen (secondary N) is 1. The Morgan fingerprint density at radius 3 is 2.46 bits per heavy atom. The smallest absolute Gasteiger partial charge is 0.254 e. The number of amides is 1. The number of aromatic nitrogens is 2. The number of nitrogens with zero attached hydrogens (tertiary/aromatic N) is 3. The number of benzene rings is 1. The molecule has 1 fully saturated rings. The summed E-state index contributed by atoms with van der Waals surface area (Å²) in [4.78, 5) is 35.1. The number of aryl methyl sites for hydroxylation is 1. The minimum absolute atomic E-state index is 0.0228. The Morgan fingerprint density at radius 2 is 1.85 bits per heavy atom. The van der Waals surface area contributed by atoms with Crippen LogP contribution in [0.2, 0.25) is 0 Å². The zero-order chi connectivity index (χ0) is 18.7. The molecule has 0 saturated carbocycles. The normalized spacial score (nSPS) is 14.6. The molecule has 0 atom stereocenters. The summed E-state index contributed by atoms with van der Waals surface area (Å²) in [5.74, 6) is 0.00865. The number of anilines is 1. The number of H-pyrrole nitrogens is 1. The zero-order valence-corrected chi connectivity index (χ0v) is 15.6. The fraction of sp³-hybridized carbons (Fsp3) is 0.389. The van der Waals surface area contributed by atoms with Gasteiger partial charge < -0.3 is 14.8 Å². The highest BCUT2D eigenvalue weighted by Crippen LogP contribution is 2.18. The number of piperazine rings is 1. The van der Waals surface area contributed by atoms with Gasteiger partial charge in [-0.05, 0) is 38.1 Å². The number of rotatable bonds is 4. The van der Waals surface area contributed by atoms with Gasteiger partial charge in [0.15, 0.2) is 5.16 Å². The lowest BCUT2D eigenvalue weighted by Gasteiger charge is -2.36. The molecule has 3 rings (SSSR count). The number of aromatic amines is 1. The topological polar surface area (TPSA) is 69.3 Å². The summed E-state index contributed by atoms with van der Waals surface area (Å²) in [6, 6.07) is 6.40. The SMILES string of the molecule is Cc1nc(SCC(=O)N2CCN(c3ccc(F)cc3)CC2)[nH]c(=O)c1C. The average Bonchev–Trinajstić information content (AvgIpc) is 2.65. The summed E-state index contributed by atoms with van der Waals surface area (Å²) >= 11 is 1.24. The summed E-state index contributed by atoms with van der Waals surface area (Å²) in [5.41, 5.74) is 2.07. The maximum Gasteiger partial charge on any atom is 0.254 e. The Bertz CT molecular complexity index is 845. The van der Waals surface area contributed by atoms with Gasteiger partial charge in [-0.3, -0.25) is 9.59 Å². The Morgan fingerprint density at radius 1 is 1.19 bits per heavy atom. The van der Waals surface area contributed by atoms with Gasteiger partial charge in [-0.2, -0.15) is 0 Å². The molecule has 1 aromatic heterocycles. The summed E-state index contributed by atoms with van der Waals surface area (Å²) in [6.07, 6.45) is 0. The lowest BCUT2D eigenvalue weighted by atomic mass is 10.2. The highest BCUT2D eigenvalue weighted by atomic mass is 32.2. The van der Waals surface area contributed by atoms with E-state index in [1.54, 1.807) is 26.0 Å². The van der Waals surface area contributed by atoms with E-state index < -0.39 is 0 Å². The minimum Gasteiger partial charge on any atom is -0.368 e. The van der Waals surface area contributed by atoms with E-state index in [4.69, 9.17) is 0 Å². The molecule has 26 heavy (non-hydrogen) atoms. The Balaban J connectivity index is 1.52. The van der Waals surface area contributed by atoms with E-state index >= 15 is 0 Å². The molecule has 1 N–H and O–H groups in total. The van der Waals surface area contributed by atoms with Crippen molar-refractivity contribution in [3.8, 4) is 0 Å². The van der Waals surface area contributed by atoms with Gasteiger partial charge in [-0.15, -0.1) is 0 Å². The maximum absolute atomic E-state index is 13.0. The third-order valence-corrected chi connectivity index (χ3v) is 5.39. The quantitative estimate of drug-likeness (QED) is 0.653. The van der Waals surface area contributed by atoms with Gasteiger partial charge in [0.05, 0.1) is 5.75 Å². The molecule has 2 heterocycles. The van der Waals surface area contributed by atoms with Gasteiger partial charge in [-0.1, -0.05) is 11.8 Å². The molecular weight excluding hydrogens is 355 g/mol. The third-order valence-electron chi connectivity index (χ3n) is 4.53. The first-order chi connectivity index (χ1) is 12.4. The van der Waals surface area contributed by atoms with Crippen molar-refractivity contribution in [2.45, 2.75) is 19.0 Å². The van der Waals surface area contributed by atoms with Crippen molar-refractivity contribution in [2.75, 3.05) is 36.8 Å². The van der Waals surface area contributed by atoms with Crippen LogP contribution in [0.25, 0.3) is 0 Å². The lowest BCUT2D eigenvalue weighted by molar-refractivity contribution is -0.128. The number of carbonyl (C=O) groups is 1. The number of thioether (sulfide) groups is 1. The molecule has 6 nitrogen and oxygen atoms in total. The zero-order valence-electron chi connectivity index (χ0n) is 14.8. The van der Waals surface area contributed by atoms with E-state index in [-0.39, 0.29) is 23.0 Å². The number of carbonyl (C=O) groups excluding carboxylic acids is 1. The van der Waals surface area contributed by atoms with Crippen LogP contribution in [-0.2, 0) is 4.79 Å². The third kappa shape index (κ3) is 4.24. The molecule has 0 unspecified atom stereocenters. The van der Waals surface area contributed by atoms with Crippen molar-refractivity contribution >= 4 is 23.4 Å². The van der Waals surface area contributed by atoms with Gasteiger partial charge in [0.25, 0.3) is 5.56 Å². The second-order valence-electron chi connectivity index (χ2n) is 6.21. The summed E-state index contributed by atoms with van der Waals surface area (Å²) < 4.78 is 13.0. The molecule has 8 heteroatoms. The molecule has 0 spiro atoms. The monoisotopic (exact) mass is 376 g/mol. The van der Waals surface area contributed by atoms with Crippen LogP contribution in [0, 0.1) is 19.7 Å². The van der Waals surface area contributed by atoms with Crippen LogP contribution in [0.1, 0.15) is 11.3 Å². The van der Waals surface area contributed by atoms with Crippen LogP contribution in [0.4, 0.5) is 10.1 Å². The molecule has 138 valence electrons. The van der Waals surface area contributed by atoms with E-state index in [0.717, 1.165) is 5.69 Å². The Kier molecular flexibility index (Phi) is 5.61. The molecule has 0 radical (unpaired) electrons. The van der Waals surface area contributed by atoms with Crippen molar-refractivity contribution in [1.29, 1.82) is 0 Å². The summed E-state index contributed by atoms with van der Waals surface area (Å²) in [5, 5.41) is 0.469. The van der Waals surface area contributed by atoms with Crippen LogP contribution in [-0.4, -0.2) is 52.7 Å². The van der Waals surface area contributed by atoms with Crippen molar-refractivity contribution < 1.29 is 9.18 Å². The first-order valence-electron chi connectivity index (χ1n) is 8.42. The van der Waals surface area contributed by atoms with Crippen molar-refractivity contribution in [3.05, 3.63) is 51.7 Å². The van der Waals surface area contributed by atoms with Crippen LogP contribution < -0.4 is 10.5 Å². The van der Waals surface area contributed by atoms with Crippen molar-refractivity contribution in [1.82, 2.24) is 14.9 Å². The molecule has 1 amide bonds. The Hall–Kier alpha value is -2.35. The van der Waals surface area contributed by atoms with Crippen LogP contribution in [0.3, 0.4) is 0 Å². The molecule has 1 aromatic carbocycles. The van der Waals surface area contributed by atoms with Crippen LogP contribution in [0.15, 0.2) is 34.2 Å². The fourth-order valence-corrected chi connectivity index (χ4v) is 3.58. The highest BCUT2D eigenvalue weighted by molar-refractivity contribution is 7.99. The number of halogens is 1. The van der Waals surface area contributed by atoms with Crippen molar-refractivity contribution in [3.63, 3.8) is 0 Å². The van der Waals surface area contributed by atoms with Gasteiger partial charge in [0, 0.05) is 43.1 Å². The van der Waals surface area contributed by atoms with E-state index in [2.05, 4.69) is 14.9 Å². The van der Waals surface area contributed by atoms with Gasteiger partial charge in [-0.25, -0.2) is 9.37 Å². The summed E-state index contributed by atoms with van der Waals surface area (Å²) in [7, 11) is 0. The molecule has 0 aliphatic carbocycles.